The van der Waals surface area contributed by atoms with E-state index in [1.807, 2.05) is 0 Å². The first-order valence-electron chi connectivity index (χ1n) is 23.5. The maximum Gasteiger partial charge on any atom is 0.0465 e. The molecule has 6 aromatic carbocycles. The molecule has 4 fully saturated rings. The fourth-order valence-corrected chi connectivity index (χ4v) is 12.7. The van der Waals surface area contributed by atoms with Crippen molar-refractivity contribution in [3.8, 4) is 33.4 Å². The van der Waals surface area contributed by atoms with Crippen LogP contribution in [0.3, 0.4) is 0 Å². The van der Waals surface area contributed by atoms with Crippen LogP contribution in [-0.4, -0.2) is 0 Å². The summed E-state index contributed by atoms with van der Waals surface area (Å²) in [5.74, 6) is 3.99. The van der Waals surface area contributed by atoms with E-state index in [1.165, 1.54) is 163 Å². The van der Waals surface area contributed by atoms with Crippen LogP contribution >= 0.6 is 0 Å². The molecule has 1 heteroatoms. The van der Waals surface area contributed by atoms with Gasteiger partial charge in [0, 0.05) is 22.5 Å². The molecule has 11 rings (SSSR count). The molecular weight excluding hydrogens is 711 g/mol. The third kappa shape index (κ3) is 6.78. The predicted octanol–water partition coefficient (Wildman–Crippen LogP) is 16.8. The smallest absolute Gasteiger partial charge is 0.0465 e. The van der Waals surface area contributed by atoms with E-state index in [4.69, 9.17) is 0 Å². The molecule has 2 bridgehead atoms. The van der Waals surface area contributed by atoms with Gasteiger partial charge in [-0.05, 0) is 172 Å². The van der Waals surface area contributed by atoms with E-state index in [0.29, 0.717) is 5.92 Å². The minimum absolute atomic E-state index is 0.122. The summed E-state index contributed by atoms with van der Waals surface area (Å²) in [6.07, 6.45) is 19.3. The lowest BCUT2D eigenvalue weighted by molar-refractivity contribution is 0.420. The van der Waals surface area contributed by atoms with Crippen molar-refractivity contribution >= 4 is 17.1 Å². The molecule has 0 amide bonds. The molecule has 0 spiro atoms. The normalized spacial score (nSPS) is 22.3. The molecule has 0 heterocycles. The summed E-state index contributed by atoms with van der Waals surface area (Å²) >= 11 is 0. The van der Waals surface area contributed by atoms with E-state index in [2.05, 4.69) is 152 Å². The van der Waals surface area contributed by atoms with Crippen molar-refractivity contribution in [1.29, 1.82) is 0 Å². The predicted molar refractivity (Wildman–Crippen MR) is 249 cm³/mol. The van der Waals surface area contributed by atoms with Gasteiger partial charge in [0.1, 0.15) is 0 Å². The first kappa shape index (κ1) is 37.1. The SMILES string of the molecule is CC1(C)c2cc(N(c3ccc(-c4cccc(C5CCCCC5)c4)cc3)c3ccc(C4CC5CCC4C5)cc3)ccc2-c2c(-c3ccc(C4CCCCC4)cc3)cccc21. The summed E-state index contributed by atoms with van der Waals surface area (Å²) in [4.78, 5) is 2.51. The molecule has 1 nitrogen and oxygen atoms in total. The van der Waals surface area contributed by atoms with Gasteiger partial charge < -0.3 is 4.90 Å². The molecule has 59 heavy (non-hydrogen) atoms. The third-order valence-electron chi connectivity index (χ3n) is 16.0. The highest BCUT2D eigenvalue weighted by atomic mass is 15.1. The van der Waals surface area contributed by atoms with E-state index >= 15 is 0 Å². The van der Waals surface area contributed by atoms with Crippen LogP contribution in [0.5, 0.6) is 0 Å². The number of anilines is 3. The summed E-state index contributed by atoms with van der Waals surface area (Å²) in [5.41, 5.74) is 19.1. The highest BCUT2D eigenvalue weighted by Crippen LogP contribution is 2.55. The van der Waals surface area contributed by atoms with Gasteiger partial charge in [0.15, 0.2) is 0 Å². The quantitative estimate of drug-likeness (QED) is 0.149. The lowest BCUT2D eigenvalue weighted by Crippen LogP contribution is -2.16. The van der Waals surface area contributed by atoms with Crippen LogP contribution in [0.2, 0.25) is 0 Å². The van der Waals surface area contributed by atoms with Crippen LogP contribution in [0.15, 0.2) is 133 Å². The van der Waals surface area contributed by atoms with Crippen LogP contribution in [0.1, 0.15) is 149 Å². The summed E-state index contributed by atoms with van der Waals surface area (Å²) in [5, 5.41) is 0. The fourth-order valence-electron chi connectivity index (χ4n) is 12.7. The summed E-state index contributed by atoms with van der Waals surface area (Å²) in [6.45, 7) is 4.87. The minimum Gasteiger partial charge on any atom is -0.310 e. The number of fused-ring (bicyclic) bond motifs is 5. The van der Waals surface area contributed by atoms with Crippen LogP contribution in [0.4, 0.5) is 17.1 Å². The van der Waals surface area contributed by atoms with E-state index in [0.717, 1.165) is 23.7 Å². The molecule has 5 aliphatic carbocycles. The fraction of sp³-hybridized carbons (Fsp3) is 0.379. The molecule has 0 N–H and O–H groups in total. The van der Waals surface area contributed by atoms with Crippen molar-refractivity contribution in [1.82, 2.24) is 0 Å². The zero-order valence-corrected chi connectivity index (χ0v) is 35.4. The summed E-state index contributed by atoms with van der Waals surface area (Å²) < 4.78 is 0. The summed E-state index contributed by atoms with van der Waals surface area (Å²) in [7, 11) is 0. The summed E-state index contributed by atoms with van der Waals surface area (Å²) in [6, 6.07) is 52.5. The van der Waals surface area contributed by atoms with Crippen LogP contribution in [0, 0.1) is 11.8 Å². The Morgan fingerprint density at radius 2 is 1.07 bits per heavy atom. The molecule has 4 saturated carbocycles. The molecular formula is C58H61N. The topological polar surface area (TPSA) is 3.24 Å². The molecule has 3 atom stereocenters. The van der Waals surface area contributed by atoms with Gasteiger partial charge in [0.05, 0.1) is 0 Å². The maximum atomic E-state index is 2.51. The average Bonchev–Trinajstić information content (AvgIpc) is 4.00. The van der Waals surface area contributed by atoms with Gasteiger partial charge in [-0.25, -0.2) is 0 Å². The van der Waals surface area contributed by atoms with Gasteiger partial charge in [0.25, 0.3) is 0 Å². The molecule has 0 radical (unpaired) electrons. The Morgan fingerprint density at radius 3 is 1.75 bits per heavy atom. The van der Waals surface area contributed by atoms with Crippen LogP contribution in [0.25, 0.3) is 33.4 Å². The second-order valence-corrected chi connectivity index (χ2v) is 19.8. The first-order valence-corrected chi connectivity index (χ1v) is 23.5. The molecule has 0 saturated heterocycles. The van der Waals surface area contributed by atoms with Crippen LogP contribution in [-0.2, 0) is 5.41 Å². The van der Waals surface area contributed by atoms with E-state index in [1.54, 1.807) is 5.56 Å². The molecule has 6 aromatic rings. The van der Waals surface area contributed by atoms with Gasteiger partial charge in [0.2, 0.25) is 0 Å². The highest BCUT2D eigenvalue weighted by molar-refractivity contribution is 5.94. The molecule has 0 aliphatic heterocycles. The van der Waals surface area contributed by atoms with Gasteiger partial charge >= 0.3 is 0 Å². The van der Waals surface area contributed by atoms with Crippen molar-refractivity contribution < 1.29 is 0 Å². The van der Waals surface area contributed by atoms with E-state index in [9.17, 15) is 0 Å². The minimum atomic E-state index is -0.122. The van der Waals surface area contributed by atoms with Crippen molar-refractivity contribution in [2.24, 2.45) is 11.8 Å². The third-order valence-corrected chi connectivity index (χ3v) is 16.0. The molecule has 5 aliphatic rings. The van der Waals surface area contributed by atoms with Crippen molar-refractivity contribution in [3.05, 3.63) is 161 Å². The second-order valence-electron chi connectivity index (χ2n) is 19.8. The Morgan fingerprint density at radius 1 is 0.441 bits per heavy atom. The van der Waals surface area contributed by atoms with Crippen LogP contribution < -0.4 is 4.90 Å². The number of hydrogen-bond donors (Lipinski definition) is 0. The Labute approximate surface area is 353 Å². The van der Waals surface area contributed by atoms with Gasteiger partial charge in [-0.15, -0.1) is 0 Å². The lowest BCUT2D eigenvalue weighted by Gasteiger charge is -2.29. The van der Waals surface area contributed by atoms with Gasteiger partial charge in [-0.3, -0.25) is 0 Å². The zero-order chi connectivity index (χ0) is 39.5. The molecule has 0 aromatic heterocycles. The monoisotopic (exact) mass is 771 g/mol. The number of rotatable bonds is 8. The Balaban J connectivity index is 0.958. The Kier molecular flexibility index (Phi) is 9.63. The van der Waals surface area contributed by atoms with E-state index < -0.39 is 0 Å². The number of nitrogens with zero attached hydrogens (tertiary/aromatic N) is 1. The van der Waals surface area contributed by atoms with Crippen molar-refractivity contribution in [2.75, 3.05) is 4.90 Å². The van der Waals surface area contributed by atoms with E-state index in [-0.39, 0.29) is 5.41 Å². The van der Waals surface area contributed by atoms with Gasteiger partial charge in [-0.2, -0.15) is 0 Å². The first-order chi connectivity index (χ1) is 29.0. The number of hydrogen-bond acceptors (Lipinski definition) is 1. The average molecular weight is 772 g/mol. The largest absolute Gasteiger partial charge is 0.310 e. The Hall–Kier alpha value is -4.88. The van der Waals surface area contributed by atoms with Gasteiger partial charge in [-0.1, -0.05) is 156 Å². The van der Waals surface area contributed by atoms with Crippen molar-refractivity contribution in [2.45, 2.75) is 127 Å². The molecule has 298 valence electrons. The molecule has 3 unspecified atom stereocenters. The van der Waals surface area contributed by atoms with Crippen molar-refractivity contribution in [3.63, 3.8) is 0 Å². The second kappa shape index (κ2) is 15.3. The Bertz CT molecular complexity index is 2440. The maximum absolute atomic E-state index is 2.51. The number of benzene rings is 6. The highest BCUT2D eigenvalue weighted by Gasteiger charge is 2.40. The lowest BCUT2D eigenvalue weighted by atomic mass is 9.81. The standard InChI is InChI=1S/C58H61N/c1-58(2)55-18-10-17-52(44-23-21-42(22-24-44)40-11-5-3-6-12-40)57(55)53-34-33-51(38-56(53)58)59(50-31-27-45(28-32-50)54-36-39-19-20-48(54)35-39)49-29-25-43(26-30-49)47-16-9-15-46(37-47)41-13-7-4-8-14-41/h9-10,15-18,21-34,37-41,48,54H,3-8,11-14,19-20,35-36H2,1-2H3. The zero-order valence-electron chi connectivity index (χ0n) is 35.4.